The molecule has 0 saturated carbocycles. The minimum absolute atomic E-state index is 0.183. The molecule has 0 aliphatic carbocycles. The van der Waals surface area contributed by atoms with E-state index in [1.54, 1.807) is 6.07 Å². The number of nitrogens with one attached hydrogen (secondary N) is 1. The summed E-state index contributed by atoms with van der Waals surface area (Å²) in [5.41, 5.74) is 6.96. The number of nitrogens with two attached hydrogens (primary N) is 1. The molecular formula is C17H19ClN2O3. The predicted octanol–water partition coefficient (Wildman–Crippen LogP) is 3.21. The summed E-state index contributed by atoms with van der Waals surface area (Å²) >= 11 is 6.12. The Labute approximate surface area is 140 Å². The molecule has 3 N–H and O–H groups in total. The minimum Gasteiger partial charge on any atom is -0.490 e. The number of carbonyl (C=O) groups excluding carboxylic acids is 1. The summed E-state index contributed by atoms with van der Waals surface area (Å²) < 4.78 is 10.9. The number of hydrogen-bond acceptors (Lipinski definition) is 4. The second-order valence-electron chi connectivity index (χ2n) is 4.80. The second kappa shape index (κ2) is 8.29. The van der Waals surface area contributed by atoms with Gasteiger partial charge in [0.15, 0.2) is 18.1 Å². The lowest BCUT2D eigenvalue weighted by Crippen LogP contribution is -2.20. The van der Waals surface area contributed by atoms with Crippen LogP contribution < -0.4 is 20.5 Å². The third kappa shape index (κ3) is 5.07. The molecule has 0 saturated heterocycles. The third-order valence-corrected chi connectivity index (χ3v) is 3.36. The highest BCUT2D eigenvalue weighted by molar-refractivity contribution is 6.33. The molecule has 23 heavy (non-hydrogen) atoms. The Morgan fingerprint density at radius 1 is 1.17 bits per heavy atom. The lowest BCUT2D eigenvalue weighted by molar-refractivity contribution is -0.119. The van der Waals surface area contributed by atoms with Crippen LogP contribution in [0.2, 0.25) is 5.02 Å². The molecular weight excluding hydrogens is 316 g/mol. The van der Waals surface area contributed by atoms with Crippen molar-refractivity contribution in [1.29, 1.82) is 0 Å². The first-order chi connectivity index (χ1) is 11.1. The fourth-order valence-corrected chi connectivity index (χ4v) is 2.20. The summed E-state index contributed by atoms with van der Waals surface area (Å²) in [6, 6.07) is 13.1. The molecule has 0 fully saturated rings. The van der Waals surface area contributed by atoms with Gasteiger partial charge in [0.2, 0.25) is 0 Å². The molecule has 0 aliphatic rings. The van der Waals surface area contributed by atoms with E-state index in [0.717, 1.165) is 11.3 Å². The maximum absolute atomic E-state index is 10.8. The van der Waals surface area contributed by atoms with Crippen LogP contribution in [0.5, 0.6) is 11.5 Å². The van der Waals surface area contributed by atoms with E-state index in [1.807, 2.05) is 43.3 Å². The van der Waals surface area contributed by atoms with Crippen LogP contribution in [0.4, 0.5) is 5.69 Å². The maximum Gasteiger partial charge on any atom is 0.255 e. The van der Waals surface area contributed by atoms with Gasteiger partial charge in [-0.05, 0) is 36.8 Å². The van der Waals surface area contributed by atoms with Crippen molar-refractivity contribution in [2.45, 2.75) is 13.5 Å². The molecule has 0 atom stereocenters. The smallest absolute Gasteiger partial charge is 0.255 e. The van der Waals surface area contributed by atoms with E-state index in [2.05, 4.69) is 5.32 Å². The first kappa shape index (κ1) is 17.0. The minimum atomic E-state index is -0.531. The van der Waals surface area contributed by atoms with Gasteiger partial charge in [0.25, 0.3) is 5.91 Å². The highest BCUT2D eigenvalue weighted by atomic mass is 35.5. The zero-order chi connectivity index (χ0) is 16.7. The van der Waals surface area contributed by atoms with Crippen molar-refractivity contribution in [3.63, 3.8) is 0 Å². The molecule has 2 aromatic rings. The Morgan fingerprint density at radius 3 is 2.65 bits per heavy atom. The average molecular weight is 335 g/mol. The Bertz CT molecular complexity index is 677. The van der Waals surface area contributed by atoms with Crippen LogP contribution in [0.25, 0.3) is 0 Å². The number of primary amides is 1. The van der Waals surface area contributed by atoms with Gasteiger partial charge in [0.05, 0.1) is 17.3 Å². The van der Waals surface area contributed by atoms with Gasteiger partial charge in [-0.3, -0.25) is 4.79 Å². The number of amides is 1. The summed E-state index contributed by atoms with van der Waals surface area (Å²) in [6.45, 7) is 2.78. The first-order valence-electron chi connectivity index (χ1n) is 7.25. The Balaban J connectivity index is 2.09. The van der Waals surface area contributed by atoms with Gasteiger partial charge in [0, 0.05) is 6.54 Å². The number of carbonyl (C=O) groups is 1. The lowest BCUT2D eigenvalue weighted by atomic mass is 10.2. The van der Waals surface area contributed by atoms with Crippen molar-refractivity contribution in [1.82, 2.24) is 0 Å². The van der Waals surface area contributed by atoms with E-state index >= 15 is 0 Å². The van der Waals surface area contributed by atoms with Crippen LogP contribution in [0, 0.1) is 0 Å². The van der Waals surface area contributed by atoms with E-state index in [4.69, 9.17) is 26.8 Å². The molecule has 0 aromatic heterocycles. The van der Waals surface area contributed by atoms with Crippen LogP contribution in [-0.4, -0.2) is 19.1 Å². The molecule has 0 aliphatic heterocycles. The Morgan fingerprint density at radius 2 is 1.96 bits per heavy atom. The van der Waals surface area contributed by atoms with Crippen molar-refractivity contribution in [3.8, 4) is 11.5 Å². The molecule has 0 heterocycles. The van der Waals surface area contributed by atoms with Gasteiger partial charge in [-0.25, -0.2) is 0 Å². The van der Waals surface area contributed by atoms with E-state index in [9.17, 15) is 4.79 Å². The average Bonchev–Trinajstić information content (AvgIpc) is 2.53. The summed E-state index contributed by atoms with van der Waals surface area (Å²) in [5.74, 6) is 0.538. The molecule has 0 spiro atoms. The van der Waals surface area contributed by atoms with Crippen molar-refractivity contribution in [3.05, 3.63) is 53.1 Å². The second-order valence-corrected chi connectivity index (χ2v) is 5.21. The van der Waals surface area contributed by atoms with Gasteiger partial charge < -0.3 is 20.5 Å². The highest BCUT2D eigenvalue weighted by Gasteiger charge is 2.08. The van der Waals surface area contributed by atoms with Crippen LogP contribution in [0.1, 0.15) is 12.5 Å². The zero-order valence-electron chi connectivity index (χ0n) is 12.8. The van der Waals surface area contributed by atoms with Crippen molar-refractivity contribution < 1.29 is 14.3 Å². The van der Waals surface area contributed by atoms with Crippen LogP contribution in [-0.2, 0) is 11.3 Å². The Kier molecular flexibility index (Phi) is 6.11. The Hall–Kier alpha value is -2.40. The molecule has 0 radical (unpaired) electrons. The number of rotatable bonds is 8. The van der Waals surface area contributed by atoms with E-state index < -0.39 is 5.91 Å². The zero-order valence-corrected chi connectivity index (χ0v) is 13.6. The molecule has 1 amide bonds. The normalized spacial score (nSPS) is 10.2. The standard InChI is InChI=1S/C17H19ClN2O3/c1-2-22-16-9-12(7-8-15(16)23-11-17(19)21)10-20-14-6-4-3-5-13(14)18/h3-9,20H,2,10-11H2,1H3,(H2,19,21). The SMILES string of the molecule is CCOc1cc(CNc2ccccc2Cl)ccc1OCC(N)=O. The van der Waals surface area contributed by atoms with E-state index in [1.165, 1.54) is 0 Å². The molecule has 6 heteroatoms. The summed E-state index contributed by atoms with van der Waals surface area (Å²) in [7, 11) is 0. The summed E-state index contributed by atoms with van der Waals surface area (Å²) in [4.78, 5) is 10.8. The van der Waals surface area contributed by atoms with Crippen molar-refractivity contribution in [2.75, 3.05) is 18.5 Å². The van der Waals surface area contributed by atoms with E-state index in [0.29, 0.717) is 29.7 Å². The first-order valence-corrected chi connectivity index (χ1v) is 7.63. The number of anilines is 1. The fraction of sp³-hybridized carbons (Fsp3) is 0.235. The molecule has 2 rings (SSSR count). The molecule has 122 valence electrons. The maximum atomic E-state index is 10.8. The highest BCUT2D eigenvalue weighted by Crippen LogP contribution is 2.29. The van der Waals surface area contributed by atoms with E-state index in [-0.39, 0.29) is 6.61 Å². The van der Waals surface area contributed by atoms with Crippen LogP contribution >= 0.6 is 11.6 Å². The summed E-state index contributed by atoms with van der Waals surface area (Å²) in [5, 5.41) is 3.93. The lowest BCUT2D eigenvalue weighted by Gasteiger charge is -2.13. The molecule has 5 nitrogen and oxygen atoms in total. The fourth-order valence-electron chi connectivity index (χ4n) is 2.00. The quantitative estimate of drug-likeness (QED) is 0.777. The van der Waals surface area contributed by atoms with Gasteiger partial charge in [-0.1, -0.05) is 29.8 Å². The summed E-state index contributed by atoms with van der Waals surface area (Å²) in [6.07, 6.45) is 0. The number of benzene rings is 2. The number of para-hydroxylation sites is 1. The topological polar surface area (TPSA) is 73.6 Å². The van der Waals surface area contributed by atoms with Gasteiger partial charge in [-0.15, -0.1) is 0 Å². The third-order valence-electron chi connectivity index (χ3n) is 3.03. The van der Waals surface area contributed by atoms with Crippen LogP contribution in [0.3, 0.4) is 0 Å². The molecule has 0 bridgehead atoms. The number of halogens is 1. The largest absolute Gasteiger partial charge is 0.490 e. The monoisotopic (exact) mass is 334 g/mol. The number of ether oxygens (including phenoxy) is 2. The molecule has 0 unspecified atom stereocenters. The van der Waals surface area contributed by atoms with Gasteiger partial charge >= 0.3 is 0 Å². The van der Waals surface area contributed by atoms with Crippen molar-refractivity contribution >= 4 is 23.2 Å². The van der Waals surface area contributed by atoms with Gasteiger partial charge in [0.1, 0.15) is 0 Å². The van der Waals surface area contributed by atoms with Crippen LogP contribution in [0.15, 0.2) is 42.5 Å². The van der Waals surface area contributed by atoms with Crippen molar-refractivity contribution in [2.24, 2.45) is 5.73 Å². The predicted molar refractivity (Wildman–Crippen MR) is 91.1 cm³/mol. The molecule has 2 aromatic carbocycles. The number of hydrogen-bond donors (Lipinski definition) is 2. The van der Waals surface area contributed by atoms with Gasteiger partial charge in [-0.2, -0.15) is 0 Å².